The Morgan fingerprint density at radius 1 is 0.968 bits per heavy atom. The van der Waals surface area contributed by atoms with Crippen LogP contribution in [0.5, 0.6) is 0 Å². The Kier molecular flexibility index (Phi) is 5.99. The molecular weight excluding hydrogens is 410 g/mol. The van der Waals surface area contributed by atoms with E-state index in [1.54, 1.807) is 18.3 Å². The number of benzene rings is 1. The van der Waals surface area contributed by atoms with Gasteiger partial charge < -0.3 is 14.5 Å². The monoisotopic (exact) mass is 441 g/mol. The first-order valence-electron chi connectivity index (χ1n) is 11.5. The van der Waals surface area contributed by atoms with Crippen molar-refractivity contribution >= 4 is 33.2 Å². The van der Waals surface area contributed by atoms with Crippen molar-refractivity contribution < 1.29 is 14.3 Å². The van der Waals surface area contributed by atoms with Gasteiger partial charge >= 0.3 is 0 Å². The van der Waals surface area contributed by atoms with Crippen LogP contribution >= 0.6 is 11.3 Å². The second-order valence-corrected chi connectivity index (χ2v) is 10.0. The predicted molar refractivity (Wildman–Crippen MR) is 123 cm³/mol. The lowest BCUT2D eigenvalue weighted by Gasteiger charge is -2.36. The van der Waals surface area contributed by atoms with Crippen molar-refractivity contribution in [2.75, 3.05) is 52.5 Å². The summed E-state index contributed by atoms with van der Waals surface area (Å²) in [6, 6.07) is 9.03. The molecule has 1 aromatic carbocycles. The molecule has 3 fully saturated rings. The number of hydrogen-bond acceptors (Lipinski definition) is 5. The number of nitrogens with zero attached hydrogens (tertiary/aromatic N) is 3. The molecule has 0 unspecified atom stereocenters. The molecule has 166 valence electrons. The van der Waals surface area contributed by atoms with Crippen LogP contribution in [-0.2, 0) is 9.53 Å². The van der Waals surface area contributed by atoms with Crippen molar-refractivity contribution in [1.29, 1.82) is 0 Å². The van der Waals surface area contributed by atoms with Gasteiger partial charge in [-0.05, 0) is 42.8 Å². The van der Waals surface area contributed by atoms with Crippen LogP contribution in [0, 0.1) is 0 Å². The van der Waals surface area contributed by atoms with Crippen molar-refractivity contribution in [2.24, 2.45) is 0 Å². The fraction of sp³-hybridized carbons (Fsp3) is 0.583. The third-order valence-electron chi connectivity index (χ3n) is 7.18. The number of carbonyl (C=O) groups is 2. The molecule has 0 N–H and O–H groups in total. The van der Waals surface area contributed by atoms with Gasteiger partial charge in [0.1, 0.15) is 0 Å². The second kappa shape index (κ2) is 8.88. The zero-order valence-corrected chi connectivity index (χ0v) is 19.0. The molecule has 6 nitrogen and oxygen atoms in total. The molecule has 0 bridgehead atoms. The molecule has 0 aliphatic carbocycles. The van der Waals surface area contributed by atoms with Crippen LogP contribution in [0.25, 0.3) is 10.1 Å². The molecule has 2 aromatic rings. The van der Waals surface area contributed by atoms with Gasteiger partial charge in [0.25, 0.3) is 5.91 Å². The van der Waals surface area contributed by atoms with E-state index in [0.29, 0.717) is 38.3 Å². The average Bonchev–Trinajstić information content (AvgIpc) is 3.44. The number of piperidine rings is 1. The van der Waals surface area contributed by atoms with Gasteiger partial charge in [-0.2, -0.15) is 0 Å². The molecule has 0 radical (unpaired) electrons. The van der Waals surface area contributed by atoms with Gasteiger partial charge in [-0.25, -0.2) is 0 Å². The Morgan fingerprint density at radius 3 is 2.45 bits per heavy atom. The molecule has 1 aromatic heterocycles. The molecule has 3 aliphatic heterocycles. The number of thiophene rings is 1. The van der Waals surface area contributed by atoms with E-state index in [1.807, 2.05) is 9.80 Å². The standard InChI is InChI=1S/C24H31N3O3S/c1-17(28)25-10-7-19(8-11-25)27-9-6-18(16-27)22-20-4-2-3-5-21(20)31-23(22)24(29)26-12-14-30-15-13-26/h2-5,18-19H,6-16H2,1H3/t18-/m0/s1. The summed E-state index contributed by atoms with van der Waals surface area (Å²) in [6.45, 7) is 8.09. The normalized spacial score (nSPS) is 23.6. The highest BCUT2D eigenvalue weighted by atomic mass is 32.1. The molecule has 7 heteroatoms. The van der Waals surface area contributed by atoms with Gasteiger partial charge in [0.2, 0.25) is 5.91 Å². The van der Waals surface area contributed by atoms with Crippen LogP contribution in [0.15, 0.2) is 24.3 Å². The summed E-state index contributed by atoms with van der Waals surface area (Å²) in [5, 5.41) is 1.25. The smallest absolute Gasteiger partial charge is 0.264 e. The maximum atomic E-state index is 13.5. The topological polar surface area (TPSA) is 53.1 Å². The molecule has 2 amide bonds. The highest BCUT2D eigenvalue weighted by molar-refractivity contribution is 7.21. The molecule has 0 saturated carbocycles. The minimum absolute atomic E-state index is 0.174. The largest absolute Gasteiger partial charge is 0.378 e. The van der Waals surface area contributed by atoms with E-state index in [0.717, 1.165) is 50.3 Å². The van der Waals surface area contributed by atoms with Crippen molar-refractivity contribution in [2.45, 2.75) is 38.1 Å². The van der Waals surface area contributed by atoms with E-state index in [-0.39, 0.29) is 11.8 Å². The van der Waals surface area contributed by atoms with Gasteiger partial charge in [0.15, 0.2) is 0 Å². The van der Waals surface area contributed by atoms with E-state index >= 15 is 0 Å². The van der Waals surface area contributed by atoms with Crippen LogP contribution in [0.1, 0.15) is 47.3 Å². The average molecular weight is 442 g/mol. The van der Waals surface area contributed by atoms with Gasteiger partial charge in [-0.3, -0.25) is 14.5 Å². The molecular formula is C24H31N3O3S. The predicted octanol–water partition coefficient (Wildman–Crippen LogP) is 3.17. The number of carbonyl (C=O) groups excluding carboxylic acids is 2. The summed E-state index contributed by atoms with van der Waals surface area (Å²) in [5.41, 5.74) is 1.26. The Hall–Kier alpha value is -1.96. The summed E-state index contributed by atoms with van der Waals surface area (Å²) in [7, 11) is 0. The highest BCUT2D eigenvalue weighted by Gasteiger charge is 2.35. The fourth-order valence-corrected chi connectivity index (χ4v) is 6.70. The quantitative estimate of drug-likeness (QED) is 0.734. The number of ether oxygens (including phenoxy) is 1. The van der Waals surface area contributed by atoms with Crippen LogP contribution in [0.3, 0.4) is 0 Å². The Morgan fingerprint density at radius 2 is 1.71 bits per heavy atom. The lowest BCUT2D eigenvalue weighted by Crippen LogP contribution is -2.45. The van der Waals surface area contributed by atoms with E-state index in [1.165, 1.54) is 15.6 Å². The number of hydrogen-bond donors (Lipinski definition) is 0. The summed E-state index contributed by atoms with van der Waals surface area (Å²) in [4.78, 5) is 32.6. The van der Waals surface area contributed by atoms with Crippen LogP contribution in [0.2, 0.25) is 0 Å². The molecule has 3 aliphatic rings. The van der Waals surface area contributed by atoms with Gasteiger partial charge in [0.05, 0.1) is 18.1 Å². The van der Waals surface area contributed by atoms with Gasteiger partial charge in [0, 0.05) is 56.3 Å². The molecule has 0 spiro atoms. The summed E-state index contributed by atoms with van der Waals surface area (Å²) < 4.78 is 6.67. The first-order chi connectivity index (χ1) is 15.1. The van der Waals surface area contributed by atoms with E-state index in [2.05, 4.69) is 29.2 Å². The van der Waals surface area contributed by atoms with Crippen LogP contribution in [0.4, 0.5) is 0 Å². The SMILES string of the molecule is CC(=O)N1CCC(N2CC[C@H](c3c(C(=O)N4CCOCC4)sc4ccccc34)C2)CC1. The lowest BCUT2D eigenvalue weighted by molar-refractivity contribution is -0.130. The van der Waals surface area contributed by atoms with Crippen molar-refractivity contribution in [1.82, 2.24) is 14.7 Å². The summed E-state index contributed by atoms with van der Waals surface area (Å²) in [6.07, 6.45) is 3.20. The minimum atomic E-state index is 0.174. The number of morpholine rings is 1. The van der Waals surface area contributed by atoms with Crippen molar-refractivity contribution in [3.8, 4) is 0 Å². The van der Waals surface area contributed by atoms with E-state index < -0.39 is 0 Å². The van der Waals surface area contributed by atoms with Crippen LogP contribution in [-0.4, -0.2) is 85.0 Å². The first kappa shape index (κ1) is 20.9. The molecule has 1 atom stereocenters. The molecule has 5 rings (SSSR count). The van der Waals surface area contributed by atoms with Crippen LogP contribution < -0.4 is 0 Å². The molecule has 4 heterocycles. The Bertz CT molecular complexity index is 960. The number of likely N-dealkylation sites (tertiary alicyclic amines) is 2. The maximum Gasteiger partial charge on any atom is 0.264 e. The third kappa shape index (κ3) is 4.11. The highest BCUT2D eigenvalue weighted by Crippen LogP contribution is 2.41. The first-order valence-corrected chi connectivity index (χ1v) is 12.3. The molecule has 3 saturated heterocycles. The fourth-order valence-electron chi connectivity index (χ4n) is 5.44. The van der Waals surface area contributed by atoms with Gasteiger partial charge in [-0.1, -0.05) is 18.2 Å². The van der Waals surface area contributed by atoms with Crippen molar-refractivity contribution in [3.05, 3.63) is 34.7 Å². The minimum Gasteiger partial charge on any atom is -0.378 e. The third-order valence-corrected chi connectivity index (χ3v) is 8.36. The van der Waals surface area contributed by atoms with Gasteiger partial charge in [-0.15, -0.1) is 11.3 Å². The summed E-state index contributed by atoms with van der Waals surface area (Å²) in [5.74, 6) is 0.753. The Labute approximate surface area is 187 Å². The number of amides is 2. The maximum absolute atomic E-state index is 13.5. The number of fused-ring (bicyclic) bond motifs is 1. The van der Waals surface area contributed by atoms with E-state index in [9.17, 15) is 9.59 Å². The number of rotatable bonds is 3. The zero-order chi connectivity index (χ0) is 21.4. The zero-order valence-electron chi connectivity index (χ0n) is 18.2. The second-order valence-electron chi connectivity index (χ2n) is 8.96. The Balaban J connectivity index is 1.37. The van der Waals surface area contributed by atoms with E-state index in [4.69, 9.17) is 4.74 Å². The summed E-state index contributed by atoms with van der Waals surface area (Å²) >= 11 is 1.66. The lowest BCUT2D eigenvalue weighted by atomic mass is 9.94. The molecule has 31 heavy (non-hydrogen) atoms. The van der Waals surface area contributed by atoms with Crippen molar-refractivity contribution in [3.63, 3.8) is 0 Å².